The van der Waals surface area contributed by atoms with Gasteiger partial charge in [0.05, 0.1) is 11.7 Å². The van der Waals surface area contributed by atoms with Crippen LogP contribution in [0.2, 0.25) is 23.2 Å². The molecule has 0 heterocycles. The van der Waals surface area contributed by atoms with Crippen LogP contribution >= 0.6 is 11.6 Å². The zero-order valence-electron chi connectivity index (χ0n) is 17.5. The summed E-state index contributed by atoms with van der Waals surface area (Å²) >= 11 is 6.26. The zero-order valence-corrected chi connectivity index (χ0v) is 19.2. The van der Waals surface area contributed by atoms with Gasteiger partial charge >= 0.3 is 6.18 Å². The molecule has 1 aromatic rings. The molecule has 1 aliphatic carbocycles. The highest BCUT2D eigenvalue weighted by atomic mass is 35.5. The molecule has 1 aromatic carbocycles. The van der Waals surface area contributed by atoms with E-state index in [1.165, 1.54) is 12.1 Å². The van der Waals surface area contributed by atoms with Gasteiger partial charge in [0.1, 0.15) is 5.67 Å². The molecule has 1 aliphatic rings. The van der Waals surface area contributed by atoms with Gasteiger partial charge in [0.25, 0.3) is 0 Å². The van der Waals surface area contributed by atoms with E-state index in [4.69, 9.17) is 16.0 Å². The highest BCUT2D eigenvalue weighted by molar-refractivity contribution is 6.73. The zero-order chi connectivity index (χ0) is 21.7. The Balaban J connectivity index is 2.34. The summed E-state index contributed by atoms with van der Waals surface area (Å²) in [6.45, 7) is 6.30. The molecule has 29 heavy (non-hydrogen) atoms. The Morgan fingerprint density at radius 1 is 1.14 bits per heavy atom. The number of rotatable bonds is 10. The molecule has 0 aliphatic heterocycles. The number of alkyl halides is 4. The Bertz CT molecular complexity index is 652. The van der Waals surface area contributed by atoms with Crippen molar-refractivity contribution in [2.24, 2.45) is 0 Å². The van der Waals surface area contributed by atoms with Gasteiger partial charge in [0.15, 0.2) is 0 Å². The summed E-state index contributed by atoms with van der Waals surface area (Å²) in [7, 11) is -2.23. The topological polar surface area (TPSA) is 21.3 Å². The molecular formula is C21H32ClF4NOSi-. The van der Waals surface area contributed by atoms with Crippen molar-refractivity contribution in [2.45, 2.75) is 82.5 Å². The molecule has 0 amide bonds. The van der Waals surface area contributed by atoms with Gasteiger partial charge in [-0.15, -0.1) is 18.1 Å². The van der Waals surface area contributed by atoms with Gasteiger partial charge in [-0.2, -0.15) is 13.2 Å². The van der Waals surface area contributed by atoms with Gasteiger partial charge in [-0.3, -0.25) is 0 Å². The number of hydrogen-bond acceptors (Lipinski definition) is 2. The van der Waals surface area contributed by atoms with Crippen molar-refractivity contribution in [3.05, 3.63) is 34.3 Å². The first-order chi connectivity index (χ1) is 13.6. The Morgan fingerprint density at radius 2 is 1.72 bits per heavy atom. The predicted octanol–water partition coefficient (Wildman–Crippen LogP) is 7.29. The van der Waals surface area contributed by atoms with Crippen LogP contribution in [0, 0.1) is 0 Å². The Labute approximate surface area is 177 Å². The monoisotopic (exact) mass is 453 g/mol. The SMILES string of the molecule is CC[Si-](CC)(CC)OC(CNCC1(F)CCCC1)c1c(Cl)cccc1C(F)(F)F. The van der Waals surface area contributed by atoms with Crippen molar-refractivity contribution in [1.82, 2.24) is 5.32 Å². The summed E-state index contributed by atoms with van der Waals surface area (Å²) in [5.41, 5.74) is -2.10. The summed E-state index contributed by atoms with van der Waals surface area (Å²) in [6, 6.07) is 6.21. The predicted molar refractivity (Wildman–Crippen MR) is 113 cm³/mol. The third-order valence-electron chi connectivity index (χ3n) is 6.28. The fourth-order valence-electron chi connectivity index (χ4n) is 4.23. The average molecular weight is 454 g/mol. The second-order valence-corrected chi connectivity index (χ2v) is 13.2. The lowest BCUT2D eigenvalue weighted by Crippen LogP contribution is -2.42. The van der Waals surface area contributed by atoms with E-state index in [9.17, 15) is 17.6 Å². The molecule has 167 valence electrons. The lowest BCUT2D eigenvalue weighted by atomic mass is 10.0. The van der Waals surface area contributed by atoms with Crippen LogP contribution in [0.25, 0.3) is 0 Å². The second kappa shape index (κ2) is 10.1. The maximum Gasteiger partial charge on any atom is 0.416 e. The highest BCUT2D eigenvalue weighted by Gasteiger charge is 2.38. The van der Waals surface area contributed by atoms with Crippen molar-refractivity contribution >= 4 is 19.9 Å². The number of halogens is 5. The second-order valence-electron chi connectivity index (χ2n) is 8.04. The van der Waals surface area contributed by atoms with E-state index < -0.39 is 31.8 Å². The van der Waals surface area contributed by atoms with E-state index in [0.29, 0.717) is 12.8 Å². The van der Waals surface area contributed by atoms with Crippen LogP contribution in [0.15, 0.2) is 18.2 Å². The van der Waals surface area contributed by atoms with Crippen LogP contribution in [0.3, 0.4) is 0 Å². The van der Waals surface area contributed by atoms with Crippen molar-refractivity contribution in [3.63, 3.8) is 0 Å². The molecule has 0 bridgehead atoms. The summed E-state index contributed by atoms with van der Waals surface area (Å²) in [5, 5.41) is 3.10. The minimum absolute atomic E-state index is 0.0358. The average Bonchev–Trinajstić information content (AvgIpc) is 3.11. The smallest absolute Gasteiger partial charge is 0.416 e. The molecule has 2 nitrogen and oxygen atoms in total. The summed E-state index contributed by atoms with van der Waals surface area (Å²) in [4.78, 5) is 0. The van der Waals surface area contributed by atoms with Crippen LogP contribution in [-0.4, -0.2) is 27.1 Å². The number of nitrogens with one attached hydrogen (secondary N) is 1. The molecule has 0 radical (unpaired) electrons. The van der Waals surface area contributed by atoms with Crippen molar-refractivity contribution in [2.75, 3.05) is 13.1 Å². The van der Waals surface area contributed by atoms with Crippen LogP contribution < -0.4 is 5.32 Å². The van der Waals surface area contributed by atoms with E-state index in [1.807, 2.05) is 20.8 Å². The van der Waals surface area contributed by atoms with Gasteiger partial charge in [-0.1, -0.05) is 51.3 Å². The lowest BCUT2D eigenvalue weighted by molar-refractivity contribution is -0.139. The quantitative estimate of drug-likeness (QED) is 0.296. The van der Waals surface area contributed by atoms with Crippen LogP contribution in [0.5, 0.6) is 0 Å². The molecule has 0 saturated heterocycles. The molecule has 1 fully saturated rings. The Hall–Kier alpha value is -0.633. The maximum atomic E-state index is 14.7. The van der Waals surface area contributed by atoms with E-state index in [2.05, 4.69) is 5.32 Å². The molecule has 1 saturated carbocycles. The molecule has 1 unspecified atom stereocenters. The normalized spacial score (nSPS) is 18.2. The third kappa shape index (κ3) is 6.18. The first-order valence-corrected chi connectivity index (χ1v) is 13.4. The van der Waals surface area contributed by atoms with Crippen LogP contribution in [-0.2, 0) is 10.6 Å². The van der Waals surface area contributed by atoms with Crippen LogP contribution in [0.4, 0.5) is 17.6 Å². The molecular weight excluding hydrogens is 422 g/mol. The van der Waals surface area contributed by atoms with E-state index in [1.54, 1.807) is 0 Å². The van der Waals surface area contributed by atoms with Gasteiger partial charge < -0.3 is 9.74 Å². The highest BCUT2D eigenvalue weighted by Crippen LogP contribution is 2.41. The maximum absolute atomic E-state index is 14.7. The summed E-state index contributed by atoms with van der Waals surface area (Å²) < 4.78 is 62.3. The molecule has 2 rings (SSSR count). The fourth-order valence-corrected chi connectivity index (χ4v) is 7.33. The minimum Gasteiger partial charge on any atom is -0.558 e. The van der Waals surface area contributed by atoms with E-state index in [-0.39, 0.29) is 23.7 Å². The first kappa shape index (κ1) is 24.6. The Kier molecular flexibility index (Phi) is 8.59. The molecule has 1 N–H and O–H groups in total. The van der Waals surface area contributed by atoms with E-state index >= 15 is 0 Å². The molecule has 1 atom stereocenters. The van der Waals surface area contributed by atoms with Crippen molar-refractivity contribution < 1.29 is 22.0 Å². The third-order valence-corrected chi connectivity index (χ3v) is 11.3. The molecule has 0 aromatic heterocycles. The largest absolute Gasteiger partial charge is 0.558 e. The van der Waals surface area contributed by atoms with Crippen LogP contribution in [0.1, 0.15) is 63.7 Å². The minimum atomic E-state index is -4.54. The number of benzene rings is 1. The summed E-state index contributed by atoms with van der Waals surface area (Å²) in [6.07, 6.45) is -2.73. The van der Waals surface area contributed by atoms with E-state index in [0.717, 1.165) is 37.0 Å². The standard InChI is InChI=1S/C21H32ClF4NOSi/c1-4-29(5-2,6-3)28-18(14-27-15-20(23)12-7-8-13-20)19-16(21(24,25)26)10-9-11-17(19)22/h9-11,18,27H,4-8,12-15H2,1-3H3/q-1. The summed E-state index contributed by atoms with van der Waals surface area (Å²) in [5.74, 6) is 0. The lowest BCUT2D eigenvalue weighted by Gasteiger charge is -2.46. The van der Waals surface area contributed by atoms with Crippen molar-refractivity contribution in [3.8, 4) is 0 Å². The van der Waals surface area contributed by atoms with Crippen molar-refractivity contribution in [1.29, 1.82) is 0 Å². The van der Waals surface area contributed by atoms with Gasteiger partial charge in [0, 0.05) is 23.7 Å². The van der Waals surface area contributed by atoms with Gasteiger partial charge in [0.2, 0.25) is 0 Å². The fraction of sp³-hybridized carbons (Fsp3) is 0.714. The first-order valence-electron chi connectivity index (χ1n) is 10.5. The number of hydrogen-bond donors (Lipinski definition) is 1. The van der Waals surface area contributed by atoms with Gasteiger partial charge in [-0.25, -0.2) is 4.39 Å². The van der Waals surface area contributed by atoms with Gasteiger partial charge in [-0.05, 0) is 33.3 Å². The molecule has 0 spiro atoms. The molecule has 8 heteroatoms. The Morgan fingerprint density at radius 3 is 2.24 bits per heavy atom.